The van der Waals surface area contributed by atoms with Crippen LogP contribution in [0, 0.1) is 11.3 Å². The minimum atomic E-state index is -0.282. The second-order valence-corrected chi connectivity index (χ2v) is 4.91. The van der Waals surface area contributed by atoms with Gasteiger partial charge in [-0.2, -0.15) is 0 Å². The van der Waals surface area contributed by atoms with Crippen LogP contribution in [-0.4, -0.2) is 24.9 Å². The third-order valence-corrected chi connectivity index (χ3v) is 4.25. The monoisotopic (exact) mass is 224 g/mol. The van der Waals surface area contributed by atoms with Crippen LogP contribution in [0.1, 0.15) is 39.0 Å². The first kappa shape index (κ1) is 11.6. The third kappa shape index (κ3) is 1.86. The summed E-state index contributed by atoms with van der Waals surface area (Å²) >= 11 is 0. The van der Waals surface area contributed by atoms with Gasteiger partial charge >= 0.3 is 0 Å². The minimum Gasteiger partial charge on any atom is -0.317 e. The molecule has 0 spiro atoms. The Morgan fingerprint density at radius 3 is 2.56 bits per heavy atom. The van der Waals surface area contributed by atoms with Crippen LogP contribution in [0.25, 0.3) is 0 Å². The molecule has 2 fully saturated rings. The highest BCUT2D eigenvalue weighted by atomic mass is 16.2. The van der Waals surface area contributed by atoms with Crippen molar-refractivity contribution in [2.24, 2.45) is 11.3 Å². The molecule has 0 aliphatic carbocycles. The van der Waals surface area contributed by atoms with Crippen LogP contribution in [0.3, 0.4) is 0 Å². The summed E-state index contributed by atoms with van der Waals surface area (Å²) in [5, 5.41) is 5.84. The van der Waals surface area contributed by atoms with Crippen LogP contribution in [-0.2, 0) is 9.59 Å². The summed E-state index contributed by atoms with van der Waals surface area (Å²) in [6, 6.07) is 0. The molecule has 4 heteroatoms. The van der Waals surface area contributed by atoms with Crippen molar-refractivity contribution in [3.05, 3.63) is 0 Å². The lowest BCUT2D eigenvalue weighted by atomic mass is 9.65. The summed E-state index contributed by atoms with van der Waals surface area (Å²) in [7, 11) is 0. The molecular formula is C12H20N2O2. The molecular weight excluding hydrogens is 204 g/mol. The zero-order valence-corrected chi connectivity index (χ0v) is 9.84. The first-order valence-corrected chi connectivity index (χ1v) is 6.24. The SMILES string of the molecule is CCC1(C2CCNCC2)CCC(=O)NC1=O. The van der Waals surface area contributed by atoms with Gasteiger partial charge in [0.1, 0.15) is 0 Å². The molecule has 2 aliphatic rings. The van der Waals surface area contributed by atoms with Crippen LogP contribution < -0.4 is 10.6 Å². The molecule has 90 valence electrons. The van der Waals surface area contributed by atoms with E-state index in [0.717, 1.165) is 38.8 Å². The van der Waals surface area contributed by atoms with Crippen molar-refractivity contribution in [2.45, 2.75) is 39.0 Å². The molecule has 1 atom stereocenters. The lowest BCUT2D eigenvalue weighted by Crippen LogP contribution is -2.53. The molecule has 2 aliphatic heterocycles. The van der Waals surface area contributed by atoms with Gasteiger partial charge in [-0.3, -0.25) is 14.9 Å². The van der Waals surface area contributed by atoms with Crippen molar-refractivity contribution in [3.63, 3.8) is 0 Å². The van der Waals surface area contributed by atoms with Crippen molar-refractivity contribution in [3.8, 4) is 0 Å². The number of hydrogen-bond donors (Lipinski definition) is 2. The molecule has 2 amide bonds. The molecule has 2 heterocycles. The fourth-order valence-corrected chi connectivity index (χ4v) is 3.15. The molecule has 2 N–H and O–H groups in total. The minimum absolute atomic E-state index is 0.0295. The maximum atomic E-state index is 12.1. The molecule has 0 aromatic heterocycles. The van der Waals surface area contributed by atoms with Crippen LogP contribution >= 0.6 is 0 Å². The highest BCUT2D eigenvalue weighted by Crippen LogP contribution is 2.43. The molecule has 2 saturated heterocycles. The first-order valence-electron chi connectivity index (χ1n) is 6.24. The molecule has 16 heavy (non-hydrogen) atoms. The maximum absolute atomic E-state index is 12.1. The standard InChI is InChI=1S/C12H20N2O2/c1-2-12(9-4-7-13-8-5-9)6-3-10(15)14-11(12)16/h9,13H,2-8H2,1H3,(H,14,15,16). The average molecular weight is 224 g/mol. The number of rotatable bonds is 2. The molecule has 0 aromatic rings. The Labute approximate surface area is 96.2 Å². The Hall–Kier alpha value is -0.900. The number of carbonyl (C=O) groups excluding carboxylic acids is 2. The van der Waals surface area contributed by atoms with E-state index in [0.29, 0.717) is 12.3 Å². The fraction of sp³-hybridized carbons (Fsp3) is 0.833. The van der Waals surface area contributed by atoms with Gasteiger partial charge in [0.2, 0.25) is 11.8 Å². The number of amides is 2. The highest BCUT2D eigenvalue weighted by Gasteiger charge is 2.47. The number of hydrogen-bond acceptors (Lipinski definition) is 3. The summed E-state index contributed by atoms with van der Waals surface area (Å²) in [6.45, 7) is 4.05. The second-order valence-electron chi connectivity index (χ2n) is 4.91. The Kier molecular flexibility index (Phi) is 3.28. The predicted molar refractivity (Wildman–Crippen MR) is 60.7 cm³/mol. The Morgan fingerprint density at radius 2 is 2.00 bits per heavy atom. The topological polar surface area (TPSA) is 58.2 Å². The van der Waals surface area contributed by atoms with Crippen molar-refractivity contribution >= 4 is 11.8 Å². The van der Waals surface area contributed by atoms with Gasteiger partial charge in [0.25, 0.3) is 0 Å². The number of imide groups is 1. The van der Waals surface area contributed by atoms with E-state index in [9.17, 15) is 9.59 Å². The van der Waals surface area contributed by atoms with Crippen LogP contribution in [0.2, 0.25) is 0 Å². The second kappa shape index (κ2) is 4.53. The molecule has 0 aromatic carbocycles. The van der Waals surface area contributed by atoms with Crippen LogP contribution in [0.4, 0.5) is 0 Å². The number of nitrogens with one attached hydrogen (secondary N) is 2. The van der Waals surface area contributed by atoms with E-state index in [2.05, 4.69) is 17.6 Å². The zero-order chi connectivity index (χ0) is 11.6. The van der Waals surface area contributed by atoms with Crippen LogP contribution in [0.5, 0.6) is 0 Å². The van der Waals surface area contributed by atoms with Crippen molar-refractivity contribution in [1.29, 1.82) is 0 Å². The lowest BCUT2D eigenvalue weighted by Gasteiger charge is -2.43. The molecule has 0 saturated carbocycles. The van der Waals surface area contributed by atoms with E-state index in [1.54, 1.807) is 0 Å². The zero-order valence-electron chi connectivity index (χ0n) is 9.84. The van der Waals surface area contributed by atoms with E-state index in [1.807, 2.05) is 0 Å². The van der Waals surface area contributed by atoms with Gasteiger partial charge in [0, 0.05) is 6.42 Å². The van der Waals surface area contributed by atoms with Crippen molar-refractivity contribution < 1.29 is 9.59 Å². The van der Waals surface area contributed by atoms with Gasteiger partial charge in [0.15, 0.2) is 0 Å². The Balaban J connectivity index is 2.16. The summed E-state index contributed by atoms with van der Waals surface area (Å²) in [5.74, 6) is 0.299. The summed E-state index contributed by atoms with van der Waals surface area (Å²) in [4.78, 5) is 23.3. The number of carbonyl (C=O) groups is 2. The normalized spacial score (nSPS) is 32.6. The molecule has 4 nitrogen and oxygen atoms in total. The summed E-state index contributed by atoms with van der Waals surface area (Å²) in [6.07, 6.45) is 4.18. The summed E-state index contributed by atoms with van der Waals surface area (Å²) in [5.41, 5.74) is -0.282. The van der Waals surface area contributed by atoms with Gasteiger partial charge in [-0.15, -0.1) is 0 Å². The van der Waals surface area contributed by atoms with Gasteiger partial charge in [-0.05, 0) is 44.7 Å². The van der Waals surface area contributed by atoms with E-state index in [1.165, 1.54) is 0 Å². The Bertz CT molecular complexity index is 297. The fourth-order valence-electron chi connectivity index (χ4n) is 3.15. The molecule has 1 unspecified atom stereocenters. The molecule has 0 radical (unpaired) electrons. The van der Waals surface area contributed by atoms with Gasteiger partial charge in [-0.1, -0.05) is 6.92 Å². The number of piperidine rings is 2. The van der Waals surface area contributed by atoms with Crippen molar-refractivity contribution in [1.82, 2.24) is 10.6 Å². The van der Waals surface area contributed by atoms with E-state index in [4.69, 9.17) is 0 Å². The van der Waals surface area contributed by atoms with Gasteiger partial charge in [-0.25, -0.2) is 0 Å². The highest BCUT2D eigenvalue weighted by molar-refractivity contribution is 6.00. The third-order valence-electron chi connectivity index (χ3n) is 4.25. The first-order chi connectivity index (χ1) is 7.69. The average Bonchev–Trinajstić information content (AvgIpc) is 2.31. The van der Waals surface area contributed by atoms with E-state index in [-0.39, 0.29) is 17.2 Å². The maximum Gasteiger partial charge on any atom is 0.233 e. The quantitative estimate of drug-likeness (QED) is 0.683. The van der Waals surface area contributed by atoms with Crippen LogP contribution in [0.15, 0.2) is 0 Å². The van der Waals surface area contributed by atoms with Gasteiger partial charge in [0.05, 0.1) is 5.41 Å². The largest absolute Gasteiger partial charge is 0.317 e. The summed E-state index contributed by atoms with van der Waals surface area (Å²) < 4.78 is 0. The predicted octanol–water partition coefficient (Wildman–Crippen LogP) is 0.819. The Morgan fingerprint density at radius 1 is 1.31 bits per heavy atom. The van der Waals surface area contributed by atoms with Gasteiger partial charge < -0.3 is 5.32 Å². The molecule has 2 rings (SSSR count). The lowest BCUT2D eigenvalue weighted by molar-refractivity contribution is -0.146. The van der Waals surface area contributed by atoms with E-state index >= 15 is 0 Å². The van der Waals surface area contributed by atoms with Crippen molar-refractivity contribution in [2.75, 3.05) is 13.1 Å². The molecule has 0 bridgehead atoms. The van der Waals surface area contributed by atoms with E-state index < -0.39 is 0 Å². The smallest absolute Gasteiger partial charge is 0.233 e.